The lowest BCUT2D eigenvalue weighted by Crippen LogP contribution is -2.45. The van der Waals surface area contributed by atoms with Gasteiger partial charge in [0, 0.05) is 7.05 Å². The average Bonchev–Trinajstić information content (AvgIpc) is 2.66. The van der Waals surface area contributed by atoms with Gasteiger partial charge in [-0.2, -0.15) is 0 Å². The lowest BCUT2D eigenvalue weighted by molar-refractivity contribution is -0.140. The third kappa shape index (κ3) is 4.51. The van der Waals surface area contributed by atoms with Crippen LogP contribution >= 0.6 is 0 Å². The Labute approximate surface area is 148 Å². The van der Waals surface area contributed by atoms with Crippen LogP contribution in [0.2, 0.25) is 0 Å². The number of ether oxygens (including phenoxy) is 2. The first-order valence-corrected chi connectivity index (χ1v) is 8.25. The number of aliphatic hydroxyl groups is 1. The number of methoxy groups -OCH3 is 1. The summed E-state index contributed by atoms with van der Waals surface area (Å²) >= 11 is 0. The van der Waals surface area contributed by atoms with E-state index in [4.69, 9.17) is 9.47 Å². The maximum atomic E-state index is 12.7. The monoisotopic (exact) mass is 343 g/mol. The van der Waals surface area contributed by atoms with Gasteiger partial charge in [-0.15, -0.1) is 0 Å². The second-order valence-electron chi connectivity index (χ2n) is 5.96. The molecule has 0 fully saturated rings. The molecule has 2 rings (SSSR count). The Hall–Kier alpha value is -2.53. The summed E-state index contributed by atoms with van der Waals surface area (Å²) in [5.74, 6) is 0.867. The maximum absolute atomic E-state index is 12.7. The predicted octanol–water partition coefficient (Wildman–Crippen LogP) is 3.04. The largest absolute Gasteiger partial charge is 0.493 e. The van der Waals surface area contributed by atoms with Crippen LogP contribution in [0.1, 0.15) is 25.5 Å². The van der Waals surface area contributed by atoms with Crippen LogP contribution in [-0.4, -0.2) is 42.2 Å². The molecule has 0 spiro atoms. The summed E-state index contributed by atoms with van der Waals surface area (Å²) in [6, 6.07) is 16.1. The summed E-state index contributed by atoms with van der Waals surface area (Å²) in [7, 11) is 3.22. The van der Waals surface area contributed by atoms with E-state index >= 15 is 0 Å². The Morgan fingerprint density at radius 1 is 1.00 bits per heavy atom. The number of hydrogen-bond donors (Lipinski definition) is 1. The van der Waals surface area contributed by atoms with Gasteiger partial charge in [0.25, 0.3) is 5.91 Å². The van der Waals surface area contributed by atoms with E-state index in [2.05, 4.69) is 0 Å². The van der Waals surface area contributed by atoms with Crippen molar-refractivity contribution in [3.05, 3.63) is 60.2 Å². The molecule has 134 valence electrons. The van der Waals surface area contributed by atoms with Gasteiger partial charge in [0.05, 0.1) is 19.3 Å². The summed E-state index contributed by atoms with van der Waals surface area (Å²) in [6.45, 7) is 3.50. The van der Waals surface area contributed by atoms with Crippen molar-refractivity contribution < 1.29 is 19.4 Å². The van der Waals surface area contributed by atoms with Crippen molar-refractivity contribution in [1.82, 2.24) is 4.90 Å². The van der Waals surface area contributed by atoms with Crippen LogP contribution in [0.5, 0.6) is 11.5 Å². The Morgan fingerprint density at radius 2 is 1.56 bits per heavy atom. The molecule has 0 aliphatic rings. The topological polar surface area (TPSA) is 59.0 Å². The molecule has 25 heavy (non-hydrogen) atoms. The number of likely N-dealkylation sites (N-methyl/N-ethyl adjacent to an activating group) is 1. The van der Waals surface area contributed by atoms with Gasteiger partial charge < -0.3 is 19.5 Å². The maximum Gasteiger partial charge on any atom is 0.263 e. The summed E-state index contributed by atoms with van der Waals surface area (Å²) in [5, 5.41) is 10.5. The van der Waals surface area contributed by atoms with Crippen molar-refractivity contribution in [2.45, 2.75) is 32.1 Å². The second-order valence-corrected chi connectivity index (χ2v) is 5.96. The molecular formula is C20H25NO4. The highest BCUT2D eigenvalue weighted by Gasteiger charge is 2.28. The van der Waals surface area contributed by atoms with E-state index < -0.39 is 18.2 Å². The van der Waals surface area contributed by atoms with Crippen LogP contribution in [0.15, 0.2) is 54.6 Å². The fourth-order valence-corrected chi connectivity index (χ4v) is 2.59. The SMILES string of the molecule is COc1ccccc1OC(C)C(=O)N(C)C(C)C(O)c1ccccc1. The quantitative estimate of drug-likeness (QED) is 0.839. The molecule has 5 nitrogen and oxygen atoms in total. The van der Waals surface area contributed by atoms with Gasteiger partial charge in [-0.05, 0) is 31.5 Å². The van der Waals surface area contributed by atoms with Crippen molar-refractivity contribution in [1.29, 1.82) is 0 Å². The molecule has 0 heterocycles. The van der Waals surface area contributed by atoms with Crippen molar-refractivity contribution in [3.63, 3.8) is 0 Å². The van der Waals surface area contributed by atoms with Crippen LogP contribution in [0.3, 0.4) is 0 Å². The molecule has 5 heteroatoms. The first kappa shape index (κ1) is 18.8. The molecule has 0 saturated carbocycles. The van der Waals surface area contributed by atoms with E-state index in [1.807, 2.05) is 49.4 Å². The van der Waals surface area contributed by atoms with Gasteiger partial charge in [-0.25, -0.2) is 0 Å². The Morgan fingerprint density at radius 3 is 2.16 bits per heavy atom. The lowest BCUT2D eigenvalue weighted by Gasteiger charge is -2.31. The average molecular weight is 343 g/mol. The van der Waals surface area contributed by atoms with E-state index in [1.54, 1.807) is 33.2 Å². The molecule has 2 aromatic carbocycles. The fraction of sp³-hybridized carbons (Fsp3) is 0.350. The minimum Gasteiger partial charge on any atom is -0.493 e. The minimum atomic E-state index is -0.770. The van der Waals surface area contributed by atoms with E-state index in [1.165, 1.54) is 4.90 Å². The summed E-state index contributed by atoms with van der Waals surface area (Å²) in [4.78, 5) is 14.2. The number of rotatable bonds is 7. The summed E-state index contributed by atoms with van der Waals surface area (Å²) in [5.41, 5.74) is 0.771. The smallest absolute Gasteiger partial charge is 0.263 e. The molecule has 0 bridgehead atoms. The molecule has 1 amide bonds. The Bertz CT molecular complexity index is 689. The van der Waals surface area contributed by atoms with E-state index in [0.29, 0.717) is 11.5 Å². The van der Waals surface area contributed by atoms with Crippen molar-refractivity contribution >= 4 is 5.91 Å². The van der Waals surface area contributed by atoms with Crippen LogP contribution in [0, 0.1) is 0 Å². The predicted molar refractivity (Wildman–Crippen MR) is 96.7 cm³/mol. The van der Waals surface area contributed by atoms with Crippen molar-refractivity contribution in [2.24, 2.45) is 0 Å². The number of aliphatic hydroxyl groups excluding tert-OH is 1. The van der Waals surface area contributed by atoms with Crippen LogP contribution in [0.25, 0.3) is 0 Å². The molecule has 0 aliphatic heterocycles. The number of amides is 1. The van der Waals surface area contributed by atoms with Crippen LogP contribution in [0.4, 0.5) is 0 Å². The highest BCUT2D eigenvalue weighted by molar-refractivity contribution is 5.81. The number of nitrogens with zero attached hydrogens (tertiary/aromatic N) is 1. The third-order valence-corrected chi connectivity index (χ3v) is 4.28. The number of carbonyl (C=O) groups is 1. The highest BCUT2D eigenvalue weighted by atomic mass is 16.5. The molecule has 1 N–H and O–H groups in total. The van der Waals surface area contributed by atoms with Crippen molar-refractivity contribution in [3.8, 4) is 11.5 Å². The summed E-state index contributed by atoms with van der Waals surface area (Å²) < 4.78 is 11.0. The first-order chi connectivity index (χ1) is 12.0. The minimum absolute atomic E-state index is 0.214. The van der Waals surface area contributed by atoms with Crippen molar-refractivity contribution in [2.75, 3.05) is 14.2 Å². The Balaban J connectivity index is 2.05. The van der Waals surface area contributed by atoms with E-state index in [0.717, 1.165) is 5.56 Å². The number of para-hydroxylation sites is 2. The van der Waals surface area contributed by atoms with Crippen LogP contribution in [-0.2, 0) is 4.79 Å². The molecule has 3 atom stereocenters. The van der Waals surface area contributed by atoms with Gasteiger partial charge in [0.2, 0.25) is 0 Å². The highest BCUT2D eigenvalue weighted by Crippen LogP contribution is 2.27. The molecule has 0 radical (unpaired) electrons. The molecule has 3 unspecified atom stereocenters. The van der Waals surface area contributed by atoms with Gasteiger partial charge >= 0.3 is 0 Å². The van der Waals surface area contributed by atoms with Gasteiger partial charge in [0.15, 0.2) is 17.6 Å². The molecule has 2 aromatic rings. The lowest BCUT2D eigenvalue weighted by atomic mass is 10.0. The van der Waals surface area contributed by atoms with Crippen LogP contribution < -0.4 is 9.47 Å². The molecule has 0 aliphatic carbocycles. The summed E-state index contributed by atoms with van der Waals surface area (Å²) in [6.07, 6.45) is -1.47. The number of carbonyl (C=O) groups excluding carboxylic acids is 1. The standard InChI is InChI=1S/C20H25NO4/c1-14(19(22)16-10-6-5-7-11-16)21(3)20(23)15(2)25-18-13-9-8-12-17(18)24-4/h5-15,19,22H,1-4H3. The van der Waals surface area contributed by atoms with E-state index in [-0.39, 0.29) is 5.91 Å². The molecular weight excluding hydrogens is 318 g/mol. The number of hydrogen-bond acceptors (Lipinski definition) is 4. The van der Waals surface area contributed by atoms with Gasteiger partial charge in [-0.1, -0.05) is 42.5 Å². The number of benzene rings is 2. The third-order valence-electron chi connectivity index (χ3n) is 4.28. The second kappa shape index (κ2) is 8.53. The van der Waals surface area contributed by atoms with Gasteiger partial charge in [0.1, 0.15) is 0 Å². The first-order valence-electron chi connectivity index (χ1n) is 8.25. The molecule has 0 saturated heterocycles. The zero-order valence-electron chi connectivity index (χ0n) is 15.0. The zero-order valence-corrected chi connectivity index (χ0v) is 15.0. The Kier molecular flexibility index (Phi) is 6.42. The van der Waals surface area contributed by atoms with E-state index in [9.17, 15) is 9.90 Å². The van der Waals surface area contributed by atoms with Gasteiger partial charge in [-0.3, -0.25) is 4.79 Å². The molecule has 0 aromatic heterocycles. The normalized spacial score (nSPS) is 14.3. The fourth-order valence-electron chi connectivity index (χ4n) is 2.59. The zero-order chi connectivity index (χ0) is 18.4.